The second-order valence-corrected chi connectivity index (χ2v) is 10.6. The van der Waals surface area contributed by atoms with Gasteiger partial charge in [-0.05, 0) is 36.5 Å². The molecule has 3 atom stereocenters. The molecule has 0 aromatic heterocycles. The summed E-state index contributed by atoms with van der Waals surface area (Å²) in [4.78, 5) is 22.0. The summed E-state index contributed by atoms with van der Waals surface area (Å²) >= 11 is 1.78. The molecule has 1 aromatic rings. The molecule has 3 aliphatic rings. The normalized spacial score (nSPS) is 26.6. The predicted molar refractivity (Wildman–Crippen MR) is 125 cm³/mol. The molecule has 0 saturated carbocycles. The molecule has 2 fully saturated rings. The summed E-state index contributed by atoms with van der Waals surface area (Å²) in [6.45, 7) is 7.70. The number of aliphatic imine (C=N–C) groups is 1. The van der Waals surface area contributed by atoms with Crippen molar-refractivity contribution in [1.29, 1.82) is 0 Å². The van der Waals surface area contributed by atoms with Gasteiger partial charge in [0.05, 0.1) is 29.9 Å². The predicted octanol–water partition coefficient (Wildman–Crippen LogP) is 5.12. The van der Waals surface area contributed by atoms with E-state index in [4.69, 9.17) is 9.73 Å². The maximum absolute atomic E-state index is 13.3. The van der Waals surface area contributed by atoms with Crippen LogP contribution in [0.3, 0.4) is 0 Å². The maximum Gasteiger partial charge on any atom is 0.416 e. The van der Waals surface area contributed by atoms with Crippen LogP contribution in [-0.2, 0) is 10.9 Å². The molecule has 9 heteroatoms. The lowest BCUT2D eigenvalue weighted by atomic mass is 9.84. The standard InChI is InChI=1S/C24H32F3N3O2S/c1-16(2)11-21-15-33-22(28-21)19-12-18(17-3-5-20(6-4-17)24(25,26)27)13-30(14-19)23(31)29-7-9-32-10-8-29/h3-6,16,18-19,21H,7-15H2,1-2H3. The lowest BCUT2D eigenvalue weighted by Gasteiger charge is -2.41. The van der Waals surface area contributed by atoms with E-state index in [0.29, 0.717) is 51.4 Å². The molecule has 0 N–H and O–H groups in total. The number of morpholine rings is 1. The third kappa shape index (κ3) is 6.04. The van der Waals surface area contributed by atoms with E-state index < -0.39 is 11.7 Å². The van der Waals surface area contributed by atoms with E-state index in [-0.39, 0.29) is 17.9 Å². The summed E-state index contributed by atoms with van der Waals surface area (Å²) in [6, 6.07) is 5.72. The summed E-state index contributed by atoms with van der Waals surface area (Å²) in [7, 11) is 0. The number of carbonyl (C=O) groups is 1. The number of urea groups is 1. The number of nitrogens with zero attached hydrogens (tertiary/aromatic N) is 3. The highest BCUT2D eigenvalue weighted by molar-refractivity contribution is 8.14. The number of thioether (sulfide) groups is 1. The van der Waals surface area contributed by atoms with Gasteiger partial charge in [0.25, 0.3) is 0 Å². The zero-order valence-electron chi connectivity index (χ0n) is 19.2. The van der Waals surface area contributed by atoms with Crippen LogP contribution < -0.4 is 0 Å². The minimum absolute atomic E-state index is 0.0118. The van der Waals surface area contributed by atoms with Crippen LogP contribution in [0.15, 0.2) is 29.3 Å². The Bertz CT molecular complexity index is 854. The second-order valence-electron chi connectivity index (χ2n) is 9.60. The maximum atomic E-state index is 13.3. The van der Waals surface area contributed by atoms with Gasteiger partial charge in [-0.15, -0.1) is 11.8 Å². The Balaban J connectivity index is 1.55. The first kappa shape index (κ1) is 24.4. The molecule has 4 rings (SSSR count). The number of amides is 2. The summed E-state index contributed by atoms with van der Waals surface area (Å²) in [6.07, 6.45) is -2.52. The average Bonchev–Trinajstić information content (AvgIpc) is 3.26. The monoisotopic (exact) mass is 483 g/mol. The summed E-state index contributed by atoms with van der Waals surface area (Å²) in [5.41, 5.74) is 0.196. The molecule has 0 bridgehead atoms. The van der Waals surface area contributed by atoms with Crippen LogP contribution in [0.1, 0.15) is 43.7 Å². The first-order valence-electron chi connectivity index (χ1n) is 11.7. The number of hydrogen-bond acceptors (Lipinski definition) is 4. The zero-order chi connectivity index (χ0) is 23.6. The van der Waals surface area contributed by atoms with Gasteiger partial charge in [0.15, 0.2) is 0 Å². The first-order chi connectivity index (χ1) is 15.7. The van der Waals surface area contributed by atoms with Crippen LogP contribution in [0.2, 0.25) is 0 Å². The molecule has 182 valence electrons. The molecule has 2 amide bonds. The molecule has 0 spiro atoms. The first-order valence-corrected chi connectivity index (χ1v) is 12.7. The zero-order valence-corrected chi connectivity index (χ0v) is 20.0. The molecule has 33 heavy (non-hydrogen) atoms. The number of alkyl halides is 3. The van der Waals surface area contributed by atoms with Crippen LogP contribution in [0.5, 0.6) is 0 Å². The van der Waals surface area contributed by atoms with Crippen molar-refractivity contribution in [2.24, 2.45) is 16.8 Å². The molecule has 3 aliphatic heterocycles. The van der Waals surface area contributed by atoms with Crippen molar-refractivity contribution in [2.75, 3.05) is 45.1 Å². The smallest absolute Gasteiger partial charge is 0.378 e. The van der Waals surface area contributed by atoms with Crippen LogP contribution in [0.25, 0.3) is 0 Å². The topological polar surface area (TPSA) is 45.1 Å². The number of benzene rings is 1. The van der Waals surface area contributed by atoms with Crippen molar-refractivity contribution in [1.82, 2.24) is 9.80 Å². The Morgan fingerprint density at radius 2 is 1.79 bits per heavy atom. The van der Waals surface area contributed by atoms with Crippen LogP contribution in [-0.4, -0.2) is 72.1 Å². The van der Waals surface area contributed by atoms with E-state index in [9.17, 15) is 18.0 Å². The minimum atomic E-state index is -4.35. The third-order valence-corrected chi connectivity index (χ3v) is 7.82. The summed E-state index contributed by atoms with van der Waals surface area (Å²) < 4.78 is 44.5. The Morgan fingerprint density at radius 1 is 1.12 bits per heavy atom. The molecular weight excluding hydrogens is 451 g/mol. The van der Waals surface area contributed by atoms with Crippen molar-refractivity contribution in [3.05, 3.63) is 35.4 Å². The van der Waals surface area contributed by atoms with Crippen LogP contribution in [0.4, 0.5) is 18.0 Å². The van der Waals surface area contributed by atoms with Gasteiger partial charge in [0.1, 0.15) is 0 Å². The summed E-state index contributed by atoms with van der Waals surface area (Å²) in [5, 5.41) is 1.09. The number of rotatable bonds is 4. The number of piperidine rings is 1. The Morgan fingerprint density at radius 3 is 2.42 bits per heavy atom. The third-order valence-electron chi connectivity index (χ3n) is 6.54. The highest BCUT2D eigenvalue weighted by Crippen LogP contribution is 2.38. The van der Waals surface area contributed by atoms with E-state index in [1.807, 2.05) is 9.80 Å². The van der Waals surface area contributed by atoms with Gasteiger partial charge in [-0.1, -0.05) is 26.0 Å². The lowest BCUT2D eigenvalue weighted by Crippen LogP contribution is -2.53. The molecule has 0 aliphatic carbocycles. The lowest BCUT2D eigenvalue weighted by molar-refractivity contribution is -0.137. The fourth-order valence-electron chi connectivity index (χ4n) is 4.90. The van der Waals surface area contributed by atoms with Crippen LogP contribution >= 0.6 is 11.8 Å². The van der Waals surface area contributed by atoms with Gasteiger partial charge in [0, 0.05) is 43.8 Å². The van der Waals surface area contributed by atoms with Crippen molar-refractivity contribution < 1.29 is 22.7 Å². The Hall–Kier alpha value is -1.74. The molecule has 1 aromatic carbocycles. The fourth-order valence-corrected chi connectivity index (χ4v) is 6.10. The van der Waals surface area contributed by atoms with Gasteiger partial charge in [-0.2, -0.15) is 13.2 Å². The van der Waals surface area contributed by atoms with Gasteiger partial charge in [-0.3, -0.25) is 4.99 Å². The van der Waals surface area contributed by atoms with Crippen molar-refractivity contribution in [3.8, 4) is 0 Å². The van der Waals surface area contributed by atoms with Gasteiger partial charge in [0.2, 0.25) is 0 Å². The van der Waals surface area contributed by atoms with Crippen LogP contribution in [0, 0.1) is 11.8 Å². The van der Waals surface area contributed by atoms with Gasteiger partial charge in [-0.25, -0.2) is 4.79 Å². The average molecular weight is 484 g/mol. The highest BCUT2D eigenvalue weighted by atomic mass is 32.2. The quantitative estimate of drug-likeness (QED) is 0.597. The second kappa shape index (κ2) is 10.3. The van der Waals surface area contributed by atoms with E-state index in [1.54, 1.807) is 23.9 Å². The largest absolute Gasteiger partial charge is 0.416 e. The Labute approximate surface area is 197 Å². The van der Waals surface area contributed by atoms with E-state index >= 15 is 0 Å². The molecule has 5 nitrogen and oxygen atoms in total. The van der Waals surface area contributed by atoms with E-state index in [2.05, 4.69) is 13.8 Å². The summed E-state index contributed by atoms with van der Waals surface area (Å²) in [5.74, 6) is 1.62. The minimum Gasteiger partial charge on any atom is -0.378 e. The van der Waals surface area contributed by atoms with Gasteiger partial charge < -0.3 is 14.5 Å². The van der Waals surface area contributed by atoms with E-state index in [0.717, 1.165) is 41.3 Å². The SMILES string of the molecule is CC(C)CC1CSC(C2CC(c3ccc(C(F)(F)F)cc3)CN(C(=O)N3CCOCC3)C2)=N1. The molecule has 3 heterocycles. The molecular formula is C24H32F3N3O2S. The van der Waals surface area contributed by atoms with Crippen molar-refractivity contribution in [3.63, 3.8) is 0 Å². The molecule has 3 unspecified atom stereocenters. The fraction of sp³-hybridized carbons (Fsp3) is 0.667. The molecule has 2 saturated heterocycles. The van der Waals surface area contributed by atoms with Crippen molar-refractivity contribution in [2.45, 2.75) is 44.8 Å². The number of halogens is 3. The number of ether oxygens (including phenoxy) is 1. The van der Waals surface area contributed by atoms with Gasteiger partial charge >= 0.3 is 12.2 Å². The molecule has 0 radical (unpaired) electrons. The highest BCUT2D eigenvalue weighted by Gasteiger charge is 2.38. The number of carbonyl (C=O) groups excluding carboxylic acids is 1. The Kier molecular flexibility index (Phi) is 7.58. The van der Waals surface area contributed by atoms with Crippen molar-refractivity contribution >= 4 is 22.8 Å². The number of hydrogen-bond donors (Lipinski definition) is 0. The number of likely N-dealkylation sites (tertiary alicyclic amines) is 1. The van der Waals surface area contributed by atoms with E-state index in [1.165, 1.54) is 0 Å².